The predicted octanol–water partition coefficient (Wildman–Crippen LogP) is 3.67. The lowest BCUT2D eigenvalue weighted by atomic mass is 10.1. The van der Waals surface area contributed by atoms with Gasteiger partial charge in [0.25, 0.3) is 0 Å². The summed E-state index contributed by atoms with van der Waals surface area (Å²) < 4.78 is 10.1. The van der Waals surface area contributed by atoms with Gasteiger partial charge in [-0.15, -0.1) is 0 Å². The lowest BCUT2D eigenvalue weighted by Gasteiger charge is -1.99. The van der Waals surface area contributed by atoms with Crippen LogP contribution in [0.15, 0.2) is 36.5 Å². The largest absolute Gasteiger partial charge is 0.469 e. The normalized spacial score (nSPS) is 20.8. The first-order chi connectivity index (χ1) is 12.7. The van der Waals surface area contributed by atoms with Gasteiger partial charge in [0, 0.05) is 12.8 Å². The van der Waals surface area contributed by atoms with E-state index < -0.39 is 6.10 Å². The van der Waals surface area contributed by atoms with Crippen LogP contribution in [0.1, 0.15) is 57.8 Å². The minimum atomic E-state index is -0.561. The zero-order chi connectivity index (χ0) is 19.0. The Bertz CT molecular complexity index is 481. The van der Waals surface area contributed by atoms with Gasteiger partial charge < -0.3 is 19.4 Å². The Labute approximate surface area is 156 Å². The van der Waals surface area contributed by atoms with E-state index in [0.717, 1.165) is 51.2 Å². The molecule has 1 rings (SSSR count). The molecule has 26 heavy (non-hydrogen) atoms. The molecule has 0 aromatic carbocycles. The quantitative estimate of drug-likeness (QED) is 0.158. The maximum absolute atomic E-state index is 10.9. The van der Waals surface area contributed by atoms with Crippen molar-refractivity contribution in [2.75, 3.05) is 7.11 Å². The molecule has 0 bridgehead atoms. The van der Waals surface area contributed by atoms with Gasteiger partial charge in [-0.05, 0) is 44.9 Å². The molecule has 0 amide bonds. The second-order valence-electron chi connectivity index (χ2n) is 6.39. The molecule has 0 aromatic rings. The average Bonchev–Trinajstić information content (AvgIpc) is 3.42. The van der Waals surface area contributed by atoms with Crippen LogP contribution in [-0.4, -0.2) is 42.8 Å². The number of aldehydes is 1. The average molecular weight is 364 g/mol. The number of hydrogen-bond donors (Lipinski definition) is 1. The summed E-state index contributed by atoms with van der Waals surface area (Å²) in [6, 6.07) is 0. The molecule has 3 unspecified atom stereocenters. The van der Waals surface area contributed by atoms with Gasteiger partial charge in [-0.3, -0.25) is 4.79 Å². The SMILES string of the molecule is COC(=O)CCC/C=C/C/C=C/C(O)C1OC1C/C=C/CCCCC=O. The van der Waals surface area contributed by atoms with E-state index in [1.165, 1.54) is 7.11 Å². The monoisotopic (exact) mass is 364 g/mol. The molecule has 0 radical (unpaired) electrons. The summed E-state index contributed by atoms with van der Waals surface area (Å²) in [5.74, 6) is -0.173. The lowest BCUT2D eigenvalue weighted by Crippen LogP contribution is -2.13. The zero-order valence-electron chi connectivity index (χ0n) is 15.7. The van der Waals surface area contributed by atoms with Crippen molar-refractivity contribution in [1.29, 1.82) is 0 Å². The van der Waals surface area contributed by atoms with Gasteiger partial charge in [0.15, 0.2) is 0 Å². The van der Waals surface area contributed by atoms with Gasteiger partial charge in [0.2, 0.25) is 0 Å². The van der Waals surface area contributed by atoms with Crippen LogP contribution >= 0.6 is 0 Å². The highest BCUT2D eigenvalue weighted by Crippen LogP contribution is 2.29. The van der Waals surface area contributed by atoms with Crippen LogP contribution in [0.3, 0.4) is 0 Å². The third-order valence-corrected chi connectivity index (χ3v) is 4.19. The molecule has 1 heterocycles. The molecule has 0 aliphatic carbocycles. The highest BCUT2D eigenvalue weighted by Gasteiger charge is 2.42. The number of rotatable bonds is 15. The fourth-order valence-corrected chi connectivity index (χ4v) is 2.57. The van der Waals surface area contributed by atoms with Gasteiger partial charge in [0.05, 0.1) is 13.2 Å². The Morgan fingerprint density at radius 3 is 2.58 bits per heavy atom. The molecule has 146 valence electrons. The van der Waals surface area contributed by atoms with Gasteiger partial charge in [-0.2, -0.15) is 0 Å². The number of aliphatic hydroxyl groups excluding tert-OH is 1. The summed E-state index contributed by atoms with van der Waals surface area (Å²) in [5.41, 5.74) is 0. The minimum Gasteiger partial charge on any atom is -0.469 e. The second kappa shape index (κ2) is 14.4. The number of carbonyl (C=O) groups excluding carboxylic acids is 2. The van der Waals surface area contributed by atoms with Crippen LogP contribution in [-0.2, 0) is 19.1 Å². The number of esters is 1. The van der Waals surface area contributed by atoms with E-state index in [0.29, 0.717) is 12.8 Å². The van der Waals surface area contributed by atoms with Crippen molar-refractivity contribution in [2.45, 2.75) is 76.1 Å². The van der Waals surface area contributed by atoms with Crippen molar-refractivity contribution < 1.29 is 24.2 Å². The summed E-state index contributed by atoms with van der Waals surface area (Å²) in [4.78, 5) is 21.1. The topological polar surface area (TPSA) is 76.1 Å². The first-order valence-electron chi connectivity index (χ1n) is 9.49. The first kappa shape index (κ1) is 22.3. The van der Waals surface area contributed by atoms with Crippen molar-refractivity contribution in [2.24, 2.45) is 0 Å². The molecule has 0 aromatic heterocycles. The fourth-order valence-electron chi connectivity index (χ4n) is 2.57. The van der Waals surface area contributed by atoms with Gasteiger partial charge >= 0.3 is 5.97 Å². The molecule has 1 N–H and O–H groups in total. The Morgan fingerprint density at radius 2 is 1.81 bits per heavy atom. The van der Waals surface area contributed by atoms with Crippen LogP contribution in [0.25, 0.3) is 0 Å². The molecule has 1 aliphatic heterocycles. The molecular weight excluding hydrogens is 332 g/mol. The smallest absolute Gasteiger partial charge is 0.305 e. The third kappa shape index (κ3) is 11.0. The van der Waals surface area contributed by atoms with Gasteiger partial charge in [0.1, 0.15) is 18.5 Å². The van der Waals surface area contributed by atoms with Crippen LogP contribution in [0, 0.1) is 0 Å². The second-order valence-corrected chi connectivity index (χ2v) is 6.39. The van der Waals surface area contributed by atoms with E-state index in [2.05, 4.69) is 16.9 Å². The van der Waals surface area contributed by atoms with Crippen molar-refractivity contribution >= 4 is 12.3 Å². The van der Waals surface area contributed by atoms with Crippen molar-refractivity contribution in [3.8, 4) is 0 Å². The molecule has 3 atom stereocenters. The Balaban J connectivity index is 2.03. The van der Waals surface area contributed by atoms with Crippen LogP contribution in [0.5, 0.6) is 0 Å². The number of aliphatic hydroxyl groups is 1. The van der Waals surface area contributed by atoms with E-state index in [4.69, 9.17) is 4.74 Å². The van der Waals surface area contributed by atoms with Crippen molar-refractivity contribution in [3.05, 3.63) is 36.5 Å². The lowest BCUT2D eigenvalue weighted by molar-refractivity contribution is -0.140. The number of carbonyl (C=O) groups is 2. The van der Waals surface area contributed by atoms with Crippen LogP contribution in [0.2, 0.25) is 0 Å². The number of methoxy groups -OCH3 is 1. The summed E-state index contributed by atoms with van der Waals surface area (Å²) in [6.07, 6.45) is 19.7. The van der Waals surface area contributed by atoms with Crippen molar-refractivity contribution in [3.63, 3.8) is 0 Å². The molecule has 0 saturated carbocycles. The van der Waals surface area contributed by atoms with Crippen LogP contribution < -0.4 is 0 Å². The Hall–Kier alpha value is -1.72. The van der Waals surface area contributed by atoms with Crippen molar-refractivity contribution in [1.82, 2.24) is 0 Å². The summed E-state index contributed by atoms with van der Waals surface area (Å²) in [5, 5.41) is 10.0. The van der Waals surface area contributed by atoms with E-state index >= 15 is 0 Å². The molecule has 1 fully saturated rings. The number of hydrogen-bond acceptors (Lipinski definition) is 5. The molecular formula is C21H32O5. The van der Waals surface area contributed by atoms with Gasteiger partial charge in [-0.25, -0.2) is 0 Å². The maximum Gasteiger partial charge on any atom is 0.305 e. The third-order valence-electron chi connectivity index (χ3n) is 4.19. The van der Waals surface area contributed by atoms with E-state index in [1.54, 1.807) is 6.08 Å². The number of unbranched alkanes of at least 4 members (excludes halogenated alkanes) is 4. The van der Waals surface area contributed by atoms with Crippen LogP contribution in [0.4, 0.5) is 0 Å². The molecule has 1 saturated heterocycles. The molecule has 0 spiro atoms. The standard InChI is InChI=1S/C21H32O5/c1-25-20(24)16-12-8-3-2-6-10-14-18(23)21-19(26-21)15-11-7-4-5-9-13-17-22/h2-3,7,10-11,14,17-19,21,23H,4-6,8-9,12-13,15-16H2,1H3/b3-2+,11-7+,14-10+. The number of ether oxygens (including phenoxy) is 2. The molecule has 5 nitrogen and oxygen atoms in total. The van der Waals surface area contributed by atoms with Gasteiger partial charge in [-0.1, -0.05) is 36.5 Å². The van der Waals surface area contributed by atoms with E-state index in [-0.39, 0.29) is 18.2 Å². The summed E-state index contributed by atoms with van der Waals surface area (Å²) >= 11 is 0. The maximum atomic E-state index is 10.9. The summed E-state index contributed by atoms with van der Waals surface area (Å²) in [6.45, 7) is 0. The highest BCUT2D eigenvalue weighted by molar-refractivity contribution is 5.69. The molecule has 1 aliphatic rings. The van der Waals surface area contributed by atoms with E-state index in [1.807, 2.05) is 18.2 Å². The zero-order valence-corrected chi connectivity index (χ0v) is 15.7. The Morgan fingerprint density at radius 1 is 1.08 bits per heavy atom. The summed E-state index contributed by atoms with van der Waals surface area (Å²) in [7, 11) is 1.40. The minimum absolute atomic E-state index is 0.102. The van der Waals surface area contributed by atoms with E-state index in [9.17, 15) is 14.7 Å². The predicted molar refractivity (Wildman–Crippen MR) is 102 cm³/mol. The number of epoxide rings is 1. The first-order valence-corrected chi connectivity index (χ1v) is 9.49. The highest BCUT2D eigenvalue weighted by atomic mass is 16.6. The fraction of sp³-hybridized carbons (Fsp3) is 0.619. The number of allylic oxidation sites excluding steroid dienone is 4. The Kier molecular flexibility index (Phi) is 12.4. The molecule has 5 heteroatoms.